The zero-order valence-corrected chi connectivity index (χ0v) is 18.9. The van der Waals surface area contributed by atoms with Crippen molar-refractivity contribution in [3.63, 3.8) is 0 Å². The van der Waals surface area contributed by atoms with Crippen LogP contribution in [-0.2, 0) is 0 Å². The molecule has 0 aromatic heterocycles. The predicted octanol–water partition coefficient (Wildman–Crippen LogP) is 4.76. The smallest absolute Gasteiger partial charge is 0.265 e. The van der Waals surface area contributed by atoms with E-state index < -0.39 is 23.6 Å². The van der Waals surface area contributed by atoms with Gasteiger partial charge in [-0.3, -0.25) is 19.2 Å². The maximum atomic E-state index is 13.6. The van der Waals surface area contributed by atoms with E-state index in [2.05, 4.69) is 0 Å². The number of nitrogens with zero attached hydrogens (tertiary/aromatic N) is 2. The molecule has 0 saturated heterocycles. The van der Waals surface area contributed by atoms with Gasteiger partial charge in [0.2, 0.25) is 0 Å². The van der Waals surface area contributed by atoms with Crippen LogP contribution < -0.4 is 14.5 Å². The first-order valence-electron chi connectivity index (χ1n) is 11.0. The Balaban J connectivity index is 1.57. The molecule has 0 aliphatic carbocycles. The van der Waals surface area contributed by atoms with E-state index in [1.54, 1.807) is 79.7 Å². The minimum atomic E-state index is -0.520. The third kappa shape index (κ3) is 2.78. The molecule has 35 heavy (non-hydrogen) atoms. The minimum absolute atomic E-state index is 0.260. The van der Waals surface area contributed by atoms with Gasteiger partial charge in [0.25, 0.3) is 23.6 Å². The molecule has 0 bridgehead atoms. The SMILES string of the molecule is COc1ccc(C)c(N2C(=O)c3ccc4c5c(ccc(c35)C2=O)C(=O)N(c2ccccc2)C4=O)c1. The summed E-state index contributed by atoms with van der Waals surface area (Å²) < 4.78 is 5.29. The van der Waals surface area contributed by atoms with E-state index in [0.29, 0.717) is 27.9 Å². The molecule has 2 heterocycles. The second-order valence-electron chi connectivity index (χ2n) is 8.45. The van der Waals surface area contributed by atoms with Crippen LogP contribution in [0.5, 0.6) is 5.75 Å². The van der Waals surface area contributed by atoms with Crippen LogP contribution in [0.4, 0.5) is 11.4 Å². The highest BCUT2D eigenvalue weighted by molar-refractivity contribution is 6.42. The number of methoxy groups -OCH3 is 1. The number of benzene rings is 4. The van der Waals surface area contributed by atoms with Crippen LogP contribution in [-0.4, -0.2) is 30.7 Å². The van der Waals surface area contributed by atoms with Gasteiger partial charge in [0.15, 0.2) is 0 Å². The number of carbonyl (C=O) groups excluding carboxylic acids is 4. The number of hydrogen-bond donors (Lipinski definition) is 0. The van der Waals surface area contributed by atoms with Gasteiger partial charge in [-0.2, -0.15) is 0 Å². The van der Waals surface area contributed by atoms with Crippen molar-refractivity contribution < 1.29 is 23.9 Å². The maximum Gasteiger partial charge on any atom is 0.265 e. The fraction of sp³-hybridized carbons (Fsp3) is 0.0714. The molecule has 0 saturated carbocycles. The second-order valence-corrected chi connectivity index (χ2v) is 8.45. The van der Waals surface area contributed by atoms with E-state index in [4.69, 9.17) is 4.74 Å². The lowest BCUT2D eigenvalue weighted by Gasteiger charge is -2.32. The molecule has 0 N–H and O–H groups in total. The average molecular weight is 462 g/mol. The van der Waals surface area contributed by atoms with Gasteiger partial charge in [-0.15, -0.1) is 0 Å². The van der Waals surface area contributed by atoms with Crippen molar-refractivity contribution in [3.05, 3.63) is 101 Å². The molecule has 170 valence electrons. The molecule has 0 spiro atoms. The molecule has 0 atom stereocenters. The largest absolute Gasteiger partial charge is 0.497 e. The van der Waals surface area contributed by atoms with E-state index >= 15 is 0 Å². The number of hydrogen-bond acceptors (Lipinski definition) is 5. The van der Waals surface area contributed by atoms with Crippen LogP contribution in [0.25, 0.3) is 10.8 Å². The minimum Gasteiger partial charge on any atom is -0.497 e. The van der Waals surface area contributed by atoms with Gasteiger partial charge in [0, 0.05) is 39.1 Å². The standard InChI is InChI=1S/C28H18N2O5/c1-15-8-9-17(35-2)14-22(15)30-27(33)20-12-10-18-23-19(11-13-21(24(20)23)28(30)34)26(32)29(25(18)31)16-6-4-3-5-7-16/h3-14H,1-2H3. The molecular weight excluding hydrogens is 444 g/mol. The summed E-state index contributed by atoms with van der Waals surface area (Å²) in [5.41, 5.74) is 2.67. The topological polar surface area (TPSA) is 84.0 Å². The predicted molar refractivity (Wildman–Crippen MR) is 130 cm³/mol. The fourth-order valence-corrected chi connectivity index (χ4v) is 4.86. The lowest BCUT2D eigenvalue weighted by Crippen LogP contribution is -2.43. The monoisotopic (exact) mass is 462 g/mol. The third-order valence-electron chi connectivity index (χ3n) is 6.57. The summed E-state index contributed by atoms with van der Waals surface area (Å²) >= 11 is 0. The number of aryl methyl sites for hydroxylation is 1. The van der Waals surface area contributed by atoms with Gasteiger partial charge in [-0.25, -0.2) is 9.80 Å². The van der Waals surface area contributed by atoms with E-state index in [1.165, 1.54) is 7.11 Å². The van der Waals surface area contributed by atoms with Crippen LogP contribution in [0.3, 0.4) is 0 Å². The Bertz CT molecular complexity index is 1550. The van der Waals surface area contributed by atoms with E-state index in [1.807, 2.05) is 0 Å². The Kier molecular flexibility index (Phi) is 4.38. The van der Waals surface area contributed by atoms with Crippen molar-refractivity contribution in [3.8, 4) is 5.75 Å². The molecule has 0 fully saturated rings. The number of para-hydroxylation sites is 1. The highest BCUT2D eigenvalue weighted by Crippen LogP contribution is 2.40. The van der Waals surface area contributed by atoms with Crippen LogP contribution in [0, 0.1) is 6.92 Å². The van der Waals surface area contributed by atoms with Crippen molar-refractivity contribution in [2.75, 3.05) is 16.9 Å². The molecule has 2 aliphatic heterocycles. The highest BCUT2D eigenvalue weighted by Gasteiger charge is 2.40. The van der Waals surface area contributed by atoms with Gasteiger partial charge >= 0.3 is 0 Å². The van der Waals surface area contributed by atoms with Crippen LogP contribution in [0.1, 0.15) is 47.0 Å². The van der Waals surface area contributed by atoms with Gasteiger partial charge < -0.3 is 4.74 Å². The number of anilines is 2. The summed E-state index contributed by atoms with van der Waals surface area (Å²) in [6.45, 7) is 1.81. The van der Waals surface area contributed by atoms with E-state index in [9.17, 15) is 19.2 Å². The van der Waals surface area contributed by atoms with Crippen molar-refractivity contribution in [2.45, 2.75) is 6.92 Å². The van der Waals surface area contributed by atoms with Crippen LogP contribution in [0.15, 0.2) is 72.8 Å². The summed E-state index contributed by atoms with van der Waals surface area (Å²) in [5, 5.41) is 0.673. The molecule has 2 aliphatic rings. The van der Waals surface area contributed by atoms with Gasteiger partial charge in [0.05, 0.1) is 18.5 Å². The first kappa shape index (κ1) is 20.8. The molecule has 6 rings (SSSR count). The number of ether oxygens (including phenoxy) is 1. The molecule has 4 aromatic rings. The Hall–Kier alpha value is -4.78. The summed E-state index contributed by atoms with van der Waals surface area (Å²) in [6, 6.07) is 20.1. The number of rotatable bonds is 3. The summed E-state index contributed by atoms with van der Waals surface area (Å²) in [5.74, 6) is -1.52. The van der Waals surface area contributed by atoms with Crippen molar-refractivity contribution in [1.82, 2.24) is 0 Å². The third-order valence-corrected chi connectivity index (χ3v) is 6.57. The number of imide groups is 2. The molecular formula is C28H18N2O5. The molecule has 4 amide bonds. The fourth-order valence-electron chi connectivity index (χ4n) is 4.86. The highest BCUT2D eigenvalue weighted by atomic mass is 16.5. The lowest BCUT2D eigenvalue weighted by atomic mass is 9.85. The zero-order valence-electron chi connectivity index (χ0n) is 18.9. The number of carbonyl (C=O) groups is 4. The first-order valence-corrected chi connectivity index (χ1v) is 11.0. The normalized spacial score (nSPS) is 14.7. The van der Waals surface area contributed by atoms with Gasteiger partial charge in [-0.1, -0.05) is 24.3 Å². The molecule has 4 aromatic carbocycles. The van der Waals surface area contributed by atoms with Gasteiger partial charge in [0.1, 0.15) is 5.75 Å². The molecule has 7 heteroatoms. The van der Waals surface area contributed by atoms with Crippen molar-refractivity contribution in [2.24, 2.45) is 0 Å². The maximum absolute atomic E-state index is 13.6. The number of amides is 4. The Labute approximate surface area is 200 Å². The summed E-state index contributed by atoms with van der Waals surface area (Å²) in [6.07, 6.45) is 0. The molecule has 7 nitrogen and oxygen atoms in total. The summed E-state index contributed by atoms with van der Waals surface area (Å²) in [7, 11) is 1.51. The Morgan fingerprint density at radius 3 is 1.57 bits per heavy atom. The quantitative estimate of drug-likeness (QED) is 0.410. The molecule has 0 radical (unpaired) electrons. The summed E-state index contributed by atoms with van der Waals surface area (Å²) in [4.78, 5) is 56.3. The van der Waals surface area contributed by atoms with Crippen LogP contribution >= 0.6 is 0 Å². The Morgan fingerprint density at radius 2 is 1.09 bits per heavy atom. The van der Waals surface area contributed by atoms with Crippen molar-refractivity contribution in [1.29, 1.82) is 0 Å². The lowest BCUT2D eigenvalue weighted by molar-refractivity contribution is 0.0873. The van der Waals surface area contributed by atoms with E-state index in [0.717, 1.165) is 15.4 Å². The first-order chi connectivity index (χ1) is 16.9. The van der Waals surface area contributed by atoms with Crippen LogP contribution in [0.2, 0.25) is 0 Å². The molecule has 0 unspecified atom stereocenters. The van der Waals surface area contributed by atoms with E-state index in [-0.39, 0.29) is 22.3 Å². The second kappa shape index (κ2) is 7.36. The Morgan fingerprint density at radius 1 is 0.600 bits per heavy atom. The van der Waals surface area contributed by atoms with Crippen molar-refractivity contribution >= 4 is 45.8 Å². The zero-order chi connectivity index (χ0) is 24.4. The van der Waals surface area contributed by atoms with Gasteiger partial charge in [-0.05, 0) is 55.0 Å². The average Bonchev–Trinajstić information content (AvgIpc) is 2.87.